The molecule has 0 unspecified atom stereocenters. The van der Waals surface area contributed by atoms with Gasteiger partial charge in [0.05, 0.1) is 5.75 Å². The van der Waals surface area contributed by atoms with Crippen LogP contribution in [0.15, 0.2) is 0 Å². The molecule has 0 amide bonds. The summed E-state index contributed by atoms with van der Waals surface area (Å²) in [5.41, 5.74) is 3.46. The lowest BCUT2D eigenvalue weighted by molar-refractivity contribution is 0.582. The summed E-state index contributed by atoms with van der Waals surface area (Å²) < 4.78 is 0. The maximum atomic E-state index is 4.58. The van der Waals surface area contributed by atoms with Crippen LogP contribution in [0.4, 0.5) is 0 Å². The van der Waals surface area contributed by atoms with Gasteiger partial charge >= 0.3 is 0 Å². The molecule has 1 N–H and O–H groups in total. The molecule has 0 aliphatic rings. The highest BCUT2D eigenvalue weighted by Gasteiger charge is 2.08. The second kappa shape index (κ2) is 6.97. The van der Waals surface area contributed by atoms with Gasteiger partial charge in [0.15, 0.2) is 0 Å². The first-order valence-electron chi connectivity index (χ1n) is 6.18. The second-order valence-corrected chi connectivity index (χ2v) is 5.74. The van der Waals surface area contributed by atoms with Gasteiger partial charge in [-0.25, -0.2) is 9.97 Å². The van der Waals surface area contributed by atoms with Crippen LogP contribution in [0, 0.1) is 13.8 Å². The third-order valence-corrected chi connectivity index (χ3v) is 3.46. The van der Waals surface area contributed by atoms with Gasteiger partial charge in [-0.1, -0.05) is 20.8 Å². The molecule has 3 nitrogen and oxygen atoms in total. The minimum atomic E-state index is 0.490. The van der Waals surface area contributed by atoms with Gasteiger partial charge in [0.1, 0.15) is 5.82 Å². The van der Waals surface area contributed by atoms with E-state index < -0.39 is 0 Å². The first-order chi connectivity index (χ1) is 8.04. The van der Waals surface area contributed by atoms with E-state index in [9.17, 15) is 0 Å². The smallest absolute Gasteiger partial charge is 0.138 e. The highest BCUT2D eigenvalue weighted by Crippen LogP contribution is 2.14. The molecule has 17 heavy (non-hydrogen) atoms. The molecule has 0 fully saturated rings. The third-order valence-electron chi connectivity index (χ3n) is 2.59. The lowest BCUT2D eigenvalue weighted by atomic mass is 10.1. The monoisotopic (exact) mass is 253 g/mol. The number of nitrogens with one attached hydrogen (secondary N) is 1. The molecule has 0 aliphatic carbocycles. The second-order valence-electron chi connectivity index (χ2n) is 4.46. The molecule has 0 saturated heterocycles. The lowest BCUT2D eigenvalue weighted by Gasteiger charge is -2.13. The molecule has 0 aliphatic heterocycles. The summed E-state index contributed by atoms with van der Waals surface area (Å²) >= 11 is 1.86. The molecular weight excluding hydrogens is 230 g/mol. The summed E-state index contributed by atoms with van der Waals surface area (Å²) in [7, 11) is 0. The first-order valence-corrected chi connectivity index (χ1v) is 7.34. The van der Waals surface area contributed by atoms with E-state index in [1.807, 2.05) is 11.8 Å². The van der Waals surface area contributed by atoms with Crippen molar-refractivity contribution in [1.82, 2.24) is 15.3 Å². The van der Waals surface area contributed by atoms with Crippen molar-refractivity contribution in [2.45, 2.75) is 53.0 Å². The van der Waals surface area contributed by atoms with Crippen molar-refractivity contribution in [3.8, 4) is 0 Å². The quantitative estimate of drug-likeness (QED) is 0.846. The van der Waals surface area contributed by atoms with Crippen molar-refractivity contribution in [3.05, 3.63) is 22.8 Å². The van der Waals surface area contributed by atoms with Crippen molar-refractivity contribution in [3.63, 3.8) is 0 Å². The minimum absolute atomic E-state index is 0.490. The zero-order chi connectivity index (χ0) is 12.8. The standard InChI is InChI=1S/C13H23N3S/c1-6-17-8-13-15-10(4)12(11(5)16-13)7-14-9(2)3/h9,14H,6-8H2,1-5H3. The minimum Gasteiger partial charge on any atom is -0.310 e. The number of nitrogens with zero attached hydrogens (tertiary/aromatic N) is 2. The normalized spacial score (nSPS) is 11.2. The van der Waals surface area contributed by atoms with Gasteiger partial charge in [-0.05, 0) is 19.6 Å². The van der Waals surface area contributed by atoms with E-state index in [0.717, 1.165) is 35.3 Å². The van der Waals surface area contributed by atoms with E-state index in [2.05, 4.69) is 49.9 Å². The highest BCUT2D eigenvalue weighted by molar-refractivity contribution is 7.98. The SMILES string of the molecule is CCSCc1nc(C)c(CNC(C)C)c(C)n1. The molecule has 1 aromatic rings. The topological polar surface area (TPSA) is 37.8 Å². The Morgan fingerprint density at radius 3 is 2.24 bits per heavy atom. The Bertz CT molecular complexity index is 341. The highest BCUT2D eigenvalue weighted by atomic mass is 32.2. The number of aromatic nitrogens is 2. The van der Waals surface area contributed by atoms with Crippen LogP contribution in [0.2, 0.25) is 0 Å². The molecule has 0 aromatic carbocycles. The molecule has 1 aromatic heterocycles. The lowest BCUT2D eigenvalue weighted by Crippen LogP contribution is -2.23. The summed E-state index contributed by atoms with van der Waals surface area (Å²) in [6.07, 6.45) is 0. The Balaban J connectivity index is 2.79. The largest absolute Gasteiger partial charge is 0.310 e. The Labute approximate surface area is 109 Å². The number of hydrogen-bond acceptors (Lipinski definition) is 4. The van der Waals surface area contributed by atoms with Crippen LogP contribution in [0.25, 0.3) is 0 Å². The Hall–Kier alpha value is -0.610. The molecular formula is C13H23N3S. The first kappa shape index (κ1) is 14.5. The summed E-state index contributed by atoms with van der Waals surface area (Å²) in [4.78, 5) is 9.15. The Morgan fingerprint density at radius 2 is 1.76 bits per heavy atom. The van der Waals surface area contributed by atoms with E-state index in [4.69, 9.17) is 0 Å². The fraction of sp³-hybridized carbons (Fsp3) is 0.692. The van der Waals surface area contributed by atoms with Crippen molar-refractivity contribution >= 4 is 11.8 Å². The zero-order valence-corrected chi connectivity index (χ0v) is 12.3. The van der Waals surface area contributed by atoms with E-state index in [0.29, 0.717) is 6.04 Å². The molecule has 0 saturated carbocycles. The van der Waals surface area contributed by atoms with Crippen LogP contribution >= 0.6 is 11.8 Å². The molecule has 0 atom stereocenters. The van der Waals surface area contributed by atoms with Crippen molar-refractivity contribution in [1.29, 1.82) is 0 Å². The molecule has 0 radical (unpaired) electrons. The van der Waals surface area contributed by atoms with Crippen molar-refractivity contribution in [2.75, 3.05) is 5.75 Å². The van der Waals surface area contributed by atoms with Crippen LogP contribution in [0.5, 0.6) is 0 Å². The average molecular weight is 253 g/mol. The Kier molecular flexibility index (Phi) is 5.92. The number of aryl methyl sites for hydroxylation is 2. The predicted octanol–water partition coefficient (Wildman–Crippen LogP) is 2.84. The number of thioether (sulfide) groups is 1. The molecule has 0 spiro atoms. The van der Waals surface area contributed by atoms with Gasteiger partial charge in [-0.15, -0.1) is 0 Å². The maximum absolute atomic E-state index is 4.58. The predicted molar refractivity (Wildman–Crippen MR) is 75.3 cm³/mol. The van der Waals surface area contributed by atoms with Crippen LogP contribution < -0.4 is 5.32 Å². The maximum Gasteiger partial charge on any atom is 0.138 e. The summed E-state index contributed by atoms with van der Waals surface area (Å²) in [5.74, 6) is 2.98. The fourth-order valence-electron chi connectivity index (χ4n) is 1.63. The summed E-state index contributed by atoms with van der Waals surface area (Å²) in [5, 5.41) is 3.42. The van der Waals surface area contributed by atoms with Crippen LogP contribution in [0.1, 0.15) is 43.5 Å². The van der Waals surface area contributed by atoms with Gasteiger partial charge in [-0.2, -0.15) is 11.8 Å². The molecule has 4 heteroatoms. The van der Waals surface area contributed by atoms with Crippen molar-refractivity contribution < 1.29 is 0 Å². The Morgan fingerprint density at radius 1 is 1.18 bits per heavy atom. The molecule has 1 heterocycles. The van der Waals surface area contributed by atoms with Gasteiger partial charge in [0, 0.05) is 29.5 Å². The summed E-state index contributed by atoms with van der Waals surface area (Å²) in [6.45, 7) is 11.5. The molecule has 1 rings (SSSR count). The fourth-order valence-corrected chi connectivity index (χ4v) is 2.14. The van der Waals surface area contributed by atoms with Crippen molar-refractivity contribution in [2.24, 2.45) is 0 Å². The van der Waals surface area contributed by atoms with Crippen LogP contribution in [0.3, 0.4) is 0 Å². The van der Waals surface area contributed by atoms with Gasteiger partial charge in [-0.3, -0.25) is 0 Å². The van der Waals surface area contributed by atoms with E-state index in [1.54, 1.807) is 0 Å². The van der Waals surface area contributed by atoms with Gasteiger partial charge in [0.25, 0.3) is 0 Å². The average Bonchev–Trinajstić information content (AvgIpc) is 2.24. The third kappa shape index (κ3) is 4.64. The number of rotatable bonds is 6. The van der Waals surface area contributed by atoms with E-state index in [1.165, 1.54) is 5.56 Å². The molecule has 0 bridgehead atoms. The zero-order valence-electron chi connectivity index (χ0n) is 11.5. The van der Waals surface area contributed by atoms with E-state index >= 15 is 0 Å². The summed E-state index contributed by atoms with van der Waals surface area (Å²) in [6, 6.07) is 0.490. The van der Waals surface area contributed by atoms with Crippen LogP contribution in [-0.2, 0) is 12.3 Å². The van der Waals surface area contributed by atoms with E-state index in [-0.39, 0.29) is 0 Å². The van der Waals surface area contributed by atoms with Gasteiger partial charge < -0.3 is 5.32 Å². The van der Waals surface area contributed by atoms with Crippen LogP contribution in [-0.4, -0.2) is 21.8 Å². The number of hydrogen-bond donors (Lipinski definition) is 1. The van der Waals surface area contributed by atoms with Gasteiger partial charge in [0.2, 0.25) is 0 Å². The molecule has 96 valence electrons.